The van der Waals surface area contributed by atoms with Crippen LogP contribution in [0.5, 0.6) is 5.75 Å². The van der Waals surface area contributed by atoms with E-state index in [1.54, 1.807) is 19.5 Å². The highest BCUT2D eigenvalue weighted by Crippen LogP contribution is 2.55. The third kappa shape index (κ3) is 4.40. The van der Waals surface area contributed by atoms with Gasteiger partial charge in [0.1, 0.15) is 17.2 Å². The molecule has 0 radical (unpaired) electrons. The van der Waals surface area contributed by atoms with Crippen LogP contribution in [0, 0.1) is 0 Å². The van der Waals surface area contributed by atoms with E-state index < -0.39 is 0 Å². The van der Waals surface area contributed by atoms with Crippen LogP contribution in [-0.4, -0.2) is 27.8 Å². The third-order valence-corrected chi connectivity index (χ3v) is 9.92. The molecule has 4 aliphatic carbocycles. The molecule has 4 fully saturated rings. The van der Waals surface area contributed by atoms with Crippen LogP contribution in [0.3, 0.4) is 0 Å². The maximum atomic E-state index is 6.80. The molecule has 0 amide bonds. The molecule has 2 bridgehead atoms. The van der Waals surface area contributed by atoms with E-state index in [4.69, 9.17) is 53.8 Å². The van der Waals surface area contributed by atoms with E-state index in [1.807, 2.05) is 12.1 Å². The van der Waals surface area contributed by atoms with Crippen molar-refractivity contribution in [3.63, 3.8) is 0 Å². The monoisotopic (exact) mass is 583 g/mol. The standard InChI is InChI=1S/C30H28Cl3N3O3/c1-37-19-12-18-4-5-24(35-26(18)21(31)13-19)29-6-9-30(10-7-29,11-8-29)38-16-20-27(36-39-28(20)17-2-3-17)25-22(32)14-34-15-23(25)33/h4-5,12-15,17H,2-3,6-11,16H2,1H3. The molecule has 0 atom stereocenters. The summed E-state index contributed by atoms with van der Waals surface area (Å²) in [6.45, 7) is 0.429. The third-order valence-electron chi connectivity index (χ3n) is 9.06. The van der Waals surface area contributed by atoms with Crippen molar-refractivity contribution in [2.24, 2.45) is 0 Å². The van der Waals surface area contributed by atoms with Crippen molar-refractivity contribution in [2.45, 2.75) is 74.9 Å². The fourth-order valence-corrected chi connectivity index (χ4v) is 7.32. The lowest BCUT2D eigenvalue weighted by Crippen LogP contribution is -2.50. The van der Waals surface area contributed by atoms with Crippen molar-refractivity contribution in [3.05, 3.63) is 68.7 Å². The van der Waals surface area contributed by atoms with Gasteiger partial charge in [-0.25, -0.2) is 0 Å². The number of rotatable bonds is 7. The van der Waals surface area contributed by atoms with Gasteiger partial charge in [0.2, 0.25) is 0 Å². The first-order valence-corrected chi connectivity index (χ1v) is 14.6. The minimum Gasteiger partial charge on any atom is -0.497 e. The molecule has 4 saturated carbocycles. The molecule has 0 saturated heterocycles. The molecule has 0 spiro atoms. The molecular formula is C30H28Cl3N3O3. The largest absolute Gasteiger partial charge is 0.497 e. The molecule has 4 aliphatic rings. The van der Waals surface area contributed by atoms with Gasteiger partial charge >= 0.3 is 0 Å². The van der Waals surface area contributed by atoms with Crippen LogP contribution in [-0.2, 0) is 16.8 Å². The van der Waals surface area contributed by atoms with Gasteiger partial charge in [0.25, 0.3) is 0 Å². The minimum atomic E-state index is -0.162. The highest BCUT2D eigenvalue weighted by molar-refractivity contribution is 6.39. The lowest BCUT2D eigenvalue weighted by Gasteiger charge is -2.52. The van der Waals surface area contributed by atoms with Gasteiger partial charge in [0.05, 0.1) is 39.9 Å². The van der Waals surface area contributed by atoms with Crippen LogP contribution in [0.2, 0.25) is 15.1 Å². The Bertz CT molecular complexity index is 1540. The summed E-state index contributed by atoms with van der Waals surface area (Å²) in [7, 11) is 1.65. The van der Waals surface area contributed by atoms with E-state index in [0.717, 1.165) is 85.0 Å². The van der Waals surface area contributed by atoms with Gasteiger partial charge in [-0.2, -0.15) is 0 Å². The lowest BCUT2D eigenvalue weighted by atomic mass is 9.57. The van der Waals surface area contributed by atoms with Gasteiger partial charge in [-0.05, 0) is 63.5 Å². The smallest absolute Gasteiger partial charge is 0.145 e. The number of pyridine rings is 2. The number of ether oxygens (including phenoxy) is 2. The number of nitrogens with zero attached hydrogens (tertiary/aromatic N) is 3. The van der Waals surface area contributed by atoms with Crippen LogP contribution in [0.4, 0.5) is 0 Å². The average Bonchev–Trinajstić information content (AvgIpc) is 3.72. The summed E-state index contributed by atoms with van der Waals surface area (Å²) in [5.74, 6) is 2.03. The van der Waals surface area contributed by atoms with Crippen LogP contribution in [0.15, 0.2) is 41.2 Å². The van der Waals surface area contributed by atoms with Crippen LogP contribution in [0.25, 0.3) is 22.2 Å². The Morgan fingerprint density at radius 3 is 2.33 bits per heavy atom. The second kappa shape index (κ2) is 9.62. The molecule has 0 N–H and O–H groups in total. The van der Waals surface area contributed by atoms with E-state index in [0.29, 0.717) is 38.9 Å². The number of aromatic nitrogens is 3. The topological polar surface area (TPSA) is 70.3 Å². The van der Waals surface area contributed by atoms with Crippen molar-refractivity contribution < 1.29 is 14.0 Å². The van der Waals surface area contributed by atoms with Gasteiger partial charge < -0.3 is 14.0 Å². The minimum absolute atomic E-state index is 0.0577. The van der Waals surface area contributed by atoms with Crippen LogP contribution >= 0.6 is 34.8 Å². The molecular weight excluding hydrogens is 557 g/mol. The Kier molecular flexibility index (Phi) is 6.31. The highest BCUT2D eigenvalue weighted by atomic mass is 35.5. The van der Waals surface area contributed by atoms with Crippen molar-refractivity contribution in [1.29, 1.82) is 0 Å². The first kappa shape index (κ1) is 25.6. The predicted molar refractivity (Wildman–Crippen MR) is 152 cm³/mol. The first-order valence-electron chi connectivity index (χ1n) is 13.5. The summed E-state index contributed by atoms with van der Waals surface area (Å²) in [4.78, 5) is 9.16. The van der Waals surface area contributed by atoms with E-state index >= 15 is 0 Å². The molecule has 4 aromatic rings. The summed E-state index contributed by atoms with van der Waals surface area (Å²) in [5.41, 5.74) is 4.15. The fraction of sp³-hybridized carbons (Fsp3) is 0.433. The van der Waals surface area contributed by atoms with Gasteiger partial charge in [-0.1, -0.05) is 46.0 Å². The van der Waals surface area contributed by atoms with Crippen LogP contribution < -0.4 is 4.74 Å². The zero-order chi connectivity index (χ0) is 26.8. The first-order chi connectivity index (χ1) is 18.9. The number of methoxy groups -OCH3 is 1. The number of fused-ring (bicyclic) bond motifs is 4. The van der Waals surface area contributed by atoms with Crippen LogP contribution in [0.1, 0.15) is 74.3 Å². The number of halogens is 3. The summed E-state index contributed by atoms with van der Waals surface area (Å²) in [5, 5.41) is 6.94. The zero-order valence-electron chi connectivity index (χ0n) is 21.6. The Morgan fingerprint density at radius 1 is 0.949 bits per heavy atom. The highest BCUT2D eigenvalue weighted by Gasteiger charge is 2.51. The van der Waals surface area contributed by atoms with Gasteiger partial charge in [-0.3, -0.25) is 9.97 Å². The lowest BCUT2D eigenvalue weighted by molar-refractivity contribution is -0.127. The number of benzene rings is 1. The molecule has 9 heteroatoms. The fourth-order valence-electron chi connectivity index (χ4n) is 6.52. The summed E-state index contributed by atoms with van der Waals surface area (Å²) < 4.78 is 18.0. The molecule has 8 rings (SSSR count). The van der Waals surface area contributed by atoms with E-state index in [2.05, 4.69) is 22.3 Å². The number of hydrogen-bond donors (Lipinski definition) is 0. The second-order valence-electron chi connectivity index (χ2n) is 11.3. The summed E-state index contributed by atoms with van der Waals surface area (Å²) >= 11 is 19.6. The Hall–Kier alpha value is -2.38. The molecule has 202 valence electrons. The van der Waals surface area contributed by atoms with Gasteiger partial charge in [-0.15, -0.1) is 0 Å². The summed E-state index contributed by atoms with van der Waals surface area (Å²) in [6.07, 6.45) is 11.4. The molecule has 3 heterocycles. The molecule has 1 aromatic carbocycles. The van der Waals surface area contributed by atoms with Gasteiger partial charge in [0.15, 0.2) is 0 Å². The van der Waals surface area contributed by atoms with Crippen molar-refractivity contribution in [1.82, 2.24) is 15.1 Å². The predicted octanol–water partition coefficient (Wildman–Crippen LogP) is 8.69. The molecule has 0 unspecified atom stereocenters. The second-order valence-corrected chi connectivity index (χ2v) is 12.5. The average molecular weight is 585 g/mol. The molecule has 6 nitrogen and oxygen atoms in total. The van der Waals surface area contributed by atoms with Crippen molar-refractivity contribution in [3.8, 4) is 17.0 Å². The normalized spacial score (nSPS) is 24.4. The Balaban J connectivity index is 1.12. The maximum Gasteiger partial charge on any atom is 0.145 e. The molecule has 39 heavy (non-hydrogen) atoms. The van der Waals surface area contributed by atoms with E-state index in [9.17, 15) is 0 Å². The zero-order valence-corrected chi connectivity index (χ0v) is 23.9. The quantitative estimate of drug-likeness (QED) is 0.216. The van der Waals surface area contributed by atoms with E-state index in [-0.39, 0.29) is 11.0 Å². The maximum absolute atomic E-state index is 6.80. The van der Waals surface area contributed by atoms with Gasteiger partial charge in [0, 0.05) is 52.0 Å². The van der Waals surface area contributed by atoms with E-state index in [1.165, 1.54) is 0 Å². The summed E-state index contributed by atoms with van der Waals surface area (Å²) in [6, 6.07) is 8.11. The Labute approximate surface area is 241 Å². The van der Waals surface area contributed by atoms with Crippen molar-refractivity contribution in [2.75, 3.05) is 7.11 Å². The Morgan fingerprint density at radius 2 is 1.67 bits per heavy atom. The number of hydrogen-bond acceptors (Lipinski definition) is 6. The molecule has 3 aromatic heterocycles. The van der Waals surface area contributed by atoms with Crippen molar-refractivity contribution >= 4 is 45.7 Å². The SMILES string of the molecule is COc1cc(Cl)c2nc(C34CCC(OCc5c(-c6c(Cl)cncc6Cl)noc5C5CC5)(CC3)CC4)ccc2c1. The molecule has 0 aliphatic heterocycles.